The van der Waals surface area contributed by atoms with Crippen molar-refractivity contribution in [3.8, 4) is 0 Å². The second-order valence-electron chi connectivity index (χ2n) is 6.48. The monoisotopic (exact) mass is 417 g/mol. The van der Waals surface area contributed by atoms with Crippen LogP contribution in [0.4, 0.5) is 0 Å². The number of ether oxygens (including phenoxy) is 1. The van der Waals surface area contributed by atoms with Crippen molar-refractivity contribution in [3.05, 3.63) is 88.7 Å². The molecule has 2 aromatic heterocycles. The second kappa shape index (κ2) is 7.06. The van der Waals surface area contributed by atoms with E-state index in [0.29, 0.717) is 10.9 Å². The molecule has 0 radical (unpaired) electrons. The first-order valence-corrected chi connectivity index (χ1v) is 10.6. The van der Waals surface area contributed by atoms with Gasteiger partial charge in [-0.2, -0.15) is 0 Å². The number of hydrogen-bond acceptors (Lipinski definition) is 5. The van der Waals surface area contributed by atoms with Gasteiger partial charge >= 0.3 is 5.97 Å². The molecule has 5 rings (SSSR count). The van der Waals surface area contributed by atoms with Crippen LogP contribution in [-0.2, 0) is 4.74 Å². The average molecular weight is 418 g/mol. The average Bonchev–Trinajstić information content (AvgIpc) is 3.07. The van der Waals surface area contributed by atoms with Crippen molar-refractivity contribution < 1.29 is 9.53 Å². The van der Waals surface area contributed by atoms with E-state index >= 15 is 0 Å². The Morgan fingerprint density at radius 2 is 1.62 bits per heavy atom. The van der Waals surface area contributed by atoms with Crippen molar-refractivity contribution in [2.75, 3.05) is 7.11 Å². The van der Waals surface area contributed by atoms with Crippen LogP contribution in [0.1, 0.15) is 10.4 Å². The van der Waals surface area contributed by atoms with Crippen molar-refractivity contribution in [3.63, 3.8) is 0 Å². The van der Waals surface area contributed by atoms with Crippen LogP contribution in [0.25, 0.3) is 25.8 Å². The molecular weight excluding hydrogens is 402 g/mol. The number of esters is 1. The summed E-state index contributed by atoms with van der Waals surface area (Å²) in [7, 11) is 1.38. The van der Waals surface area contributed by atoms with Gasteiger partial charge in [-0.25, -0.2) is 4.79 Å². The molecule has 0 fully saturated rings. The molecule has 0 aliphatic carbocycles. The number of benzene rings is 3. The molecule has 0 saturated carbocycles. The number of methoxy groups -OCH3 is 1. The van der Waals surface area contributed by atoms with E-state index in [1.54, 1.807) is 21.8 Å². The molecule has 29 heavy (non-hydrogen) atoms. The molecule has 0 atom stereocenters. The van der Waals surface area contributed by atoms with E-state index in [4.69, 9.17) is 4.74 Å². The maximum atomic E-state index is 13.3. The smallest absolute Gasteiger partial charge is 0.339 e. The van der Waals surface area contributed by atoms with Gasteiger partial charge in [0.2, 0.25) is 0 Å². The lowest BCUT2D eigenvalue weighted by Crippen LogP contribution is -2.11. The highest BCUT2D eigenvalue weighted by molar-refractivity contribution is 8.00. The quantitative estimate of drug-likeness (QED) is 0.358. The summed E-state index contributed by atoms with van der Waals surface area (Å²) in [6.07, 6.45) is 0. The number of rotatable bonds is 3. The molecule has 0 aliphatic heterocycles. The standard InChI is InChI=1S/C23H15NO3S2/c1-27-23(26)16-10-4-7-13-19(16)28-20-14-8-2-5-11-17(14)24-21(25)15-9-3-6-12-18(15)29-22(20)24/h2-13H,1H3. The van der Waals surface area contributed by atoms with Gasteiger partial charge in [0.05, 0.1) is 28.5 Å². The van der Waals surface area contributed by atoms with Crippen LogP contribution in [0.3, 0.4) is 0 Å². The Hall–Kier alpha value is -3.09. The molecule has 0 unspecified atom stereocenters. The van der Waals surface area contributed by atoms with Gasteiger partial charge in [-0.05, 0) is 30.3 Å². The third kappa shape index (κ3) is 2.84. The number of carbonyl (C=O) groups excluding carboxylic acids is 1. The molecule has 0 spiro atoms. The largest absolute Gasteiger partial charge is 0.465 e. The van der Waals surface area contributed by atoms with Gasteiger partial charge in [-0.1, -0.05) is 54.2 Å². The van der Waals surface area contributed by atoms with E-state index in [1.807, 2.05) is 66.7 Å². The second-order valence-corrected chi connectivity index (χ2v) is 8.56. The number of fused-ring (bicyclic) bond motifs is 4. The number of aromatic nitrogens is 1. The lowest BCUT2D eigenvalue weighted by molar-refractivity contribution is 0.0597. The van der Waals surface area contributed by atoms with Crippen molar-refractivity contribution in [2.24, 2.45) is 0 Å². The fourth-order valence-corrected chi connectivity index (χ4v) is 5.91. The number of nitrogens with zero attached hydrogens (tertiary/aromatic N) is 1. The summed E-state index contributed by atoms with van der Waals surface area (Å²) in [5.41, 5.74) is 1.35. The number of carbonyl (C=O) groups is 1. The minimum Gasteiger partial charge on any atom is -0.465 e. The van der Waals surface area contributed by atoms with Crippen molar-refractivity contribution in [2.45, 2.75) is 9.79 Å². The normalized spacial score (nSPS) is 11.3. The zero-order valence-corrected chi connectivity index (χ0v) is 17.0. The topological polar surface area (TPSA) is 47.8 Å². The number of para-hydroxylation sites is 1. The van der Waals surface area contributed by atoms with E-state index in [9.17, 15) is 9.59 Å². The summed E-state index contributed by atoms with van der Waals surface area (Å²) in [6, 6.07) is 22.9. The molecule has 142 valence electrons. The molecule has 0 N–H and O–H groups in total. The Kier molecular flexibility index (Phi) is 4.38. The minimum absolute atomic E-state index is 0.0290. The Balaban J connectivity index is 1.85. The SMILES string of the molecule is COC(=O)c1ccccc1Sc1c2ccccc2n2c(=O)c3ccccc3sc12. The maximum absolute atomic E-state index is 13.3. The summed E-state index contributed by atoms with van der Waals surface area (Å²) in [5.74, 6) is -0.375. The third-order valence-electron chi connectivity index (χ3n) is 4.82. The van der Waals surface area contributed by atoms with Gasteiger partial charge in [0.25, 0.3) is 5.56 Å². The molecule has 0 bridgehead atoms. The van der Waals surface area contributed by atoms with E-state index < -0.39 is 0 Å². The molecule has 2 heterocycles. The molecule has 0 aliphatic rings. The fourth-order valence-electron chi connectivity index (χ4n) is 3.48. The first-order valence-electron chi connectivity index (χ1n) is 8.99. The third-order valence-corrected chi connectivity index (χ3v) is 7.30. The van der Waals surface area contributed by atoms with Gasteiger partial charge < -0.3 is 4.74 Å². The van der Waals surface area contributed by atoms with Crippen molar-refractivity contribution >= 4 is 54.9 Å². The summed E-state index contributed by atoms with van der Waals surface area (Å²) < 4.78 is 7.67. The molecular formula is C23H15NO3S2. The molecule has 5 aromatic rings. The number of hydrogen-bond donors (Lipinski definition) is 0. The summed E-state index contributed by atoms with van der Waals surface area (Å²) in [6.45, 7) is 0. The predicted molar refractivity (Wildman–Crippen MR) is 118 cm³/mol. The van der Waals surface area contributed by atoms with Gasteiger partial charge in [0.1, 0.15) is 4.83 Å². The highest BCUT2D eigenvalue weighted by atomic mass is 32.2. The molecule has 0 amide bonds. The summed E-state index contributed by atoms with van der Waals surface area (Å²) in [5, 5.41) is 1.69. The minimum atomic E-state index is -0.375. The van der Waals surface area contributed by atoms with Crippen molar-refractivity contribution in [1.29, 1.82) is 0 Å². The van der Waals surface area contributed by atoms with Gasteiger partial charge in [0.15, 0.2) is 0 Å². The van der Waals surface area contributed by atoms with Gasteiger partial charge in [-0.3, -0.25) is 9.20 Å². The van der Waals surface area contributed by atoms with Crippen LogP contribution in [0.5, 0.6) is 0 Å². The molecule has 6 heteroatoms. The Labute approximate surface area is 174 Å². The first-order chi connectivity index (χ1) is 14.2. The Morgan fingerprint density at radius 3 is 2.45 bits per heavy atom. The molecule has 3 aromatic carbocycles. The highest BCUT2D eigenvalue weighted by Gasteiger charge is 2.20. The van der Waals surface area contributed by atoms with E-state index in [1.165, 1.54) is 18.9 Å². The van der Waals surface area contributed by atoms with Crippen LogP contribution in [-0.4, -0.2) is 17.5 Å². The zero-order valence-electron chi connectivity index (χ0n) is 15.4. The van der Waals surface area contributed by atoms with E-state index in [-0.39, 0.29) is 11.5 Å². The highest BCUT2D eigenvalue weighted by Crippen LogP contribution is 2.42. The summed E-state index contributed by atoms with van der Waals surface area (Å²) >= 11 is 3.07. The molecule has 4 nitrogen and oxygen atoms in total. The zero-order chi connectivity index (χ0) is 20.0. The fraction of sp³-hybridized carbons (Fsp3) is 0.0435. The van der Waals surface area contributed by atoms with Gasteiger partial charge in [0, 0.05) is 15.0 Å². The summed E-state index contributed by atoms with van der Waals surface area (Å²) in [4.78, 5) is 28.1. The lowest BCUT2D eigenvalue weighted by atomic mass is 10.2. The maximum Gasteiger partial charge on any atom is 0.339 e. The van der Waals surface area contributed by atoms with E-state index in [2.05, 4.69) is 0 Å². The predicted octanol–water partition coefficient (Wildman–Crippen LogP) is 5.61. The first kappa shape index (κ1) is 18.0. The van der Waals surface area contributed by atoms with Crippen LogP contribution in [0, 0.1) is 0 Å². The van der Waals surface area contributed by atoms with Crippen LogP contribution in [0.15, 0.2) is 87.4 Å². The molecule has 0 saturated heterocycles. The van der Waals surface area contributed by atoms with Gasteiger partial charge in [-0.15, -0.1) is 11.3 Å². The van der Waals surface area contributed by atoms with Crippen LogP contribution >= 0.6 is 23.1 Å². The van der Waals surface area contributed by atoms with Crippen molar-refractivity contribution in [1.82, 2.24) is 4.40 Å². The Bertz CT molecular complexity index is 1470. The van der Waals surface area contributed by atoms with Crippen LogP contribution in [0.2, 0.25) is 0 Å². The van der Waals surface area contributed by atoms with Crippen LogP contribution < -0.4 is 5.56 Å². The Morgan fingerprint density at radius 1 is 0.931 bits per heavy atom. The lowest BCUT2D eigenvalue weighted by Gasteiger charge is -2.07. The van der Waals surface area contributed by atoms with E-state index in [0.717, 1.165) is 30.2 Å².